The van der Waals surface area contributed by atoms with Gasteiger partial charge in [0.2, 0.25) is 5.88 Å². The lowest BCUT2D eigenvalue weighted by molar-refractivity contribution is 0.0644. The van der Waals surface area contributed by atoms with Gasteiger partial charge in [-0.2, -0.15) is 10.4 Å². The fraction of sp³-hybridized carbons (Fsp3) is 0.222. The van der Waals surface area contributed by atoms with Crippen molar-refractivity contribution in [1.82, 2.24) is 19.7 Å². The molecule has 0 aromatic carbocycles. The molecule has 3 aromatic rings. The number of amides is 1. The van der Waals surface area contributed by atoms with Crippen molar-refractivity contribution < 1.29 is 13.9 Å². The van der Waals surface area contributed by atoms with Crippen LogP contribution in [0, 0.1) is 11.3 Å². The minimum Gasteiger partial charge on any atom is -0.472 e. The van der Waals surface area contributed by atoms with Crippen LogP contribution in [0.5, 0.6) is 5.88 Å². The summed E-state index contributed by atoms with van der Waals surface area (Å²) in [7, 11) is 0. The lowest BCUT2D eigenvalue weighted by atomic mass is 10.2. The first-order valence-electron chi connectivity index (χ1n) is 8.08. The number of carbonyl (C=O) groups excluding carboxylic acids is 1. The minimum absolute atomic E-state index is 0.130. The lowest BCUT2D eigenvalue weighted by Crippen LogP contribution is -2.38. The Balaban J connectivity index is 1.57. The third kappa shape index (κ3) is 3.15. The second-order valence-electron chi connectivity index (χ2n) is 5.94. The van der Waals surface area contributed by atoms with Crippen LogP contribution < -0.4 is 4.74 Å². The Hall–Kier alpha value is -3.60. The Morgan fingerprint density at radius 1 is 1.31 bits per heavy atom. The summed E-state index contributed by atoms with van der Waals surface area (Å²) in [5, 5.41) is 13.2. The summed E-state index contributed by atoms with van der Waals surface area (Å²) in [6, 6.07) is 8.84. The molecule has 0 bridgehead atoms. The molecule has 1 atom stereocenters. The molecule has 26 heavy (non-hydrogen) atoms. The second-order valence-corrected chi connectivity index (χ2v) is 5.94. The largest absolute Gasteiger partial charge is 0.472 e. The topological polar surface area (TPSA) is 97.2 Å². The molecule has 4 heterocycles. The van der Waals surface area contributed by atoms with Crippen LogP contribution in [0.25, 0.3) is 0 Å². The summed E-state index contributed by atoms with van der Waals surface area (Å²) in [5.41, 5.74) is 1.89. The molecule has 0 radical (unpaired) electrons. The number of aromatic nitrogens is 3. The number of pyridine rings is 1. The van der Waals surface area contributed by atoms with E-state index in [0.29, 0.717) is 36.6 Å². The van der Waals surface area contributed by atoms with E-state index in [1.165, 1.54) is 18.7 Å². The summed E-state index contributed by atoms with van der Waals surface area (Å²) in [5.74, 6) is 0.273. The third-order valence-corrected chi connectivity index (χ3v) is 4.17. The molecule has 8 nitrogen and oxygen atoms in total. The Bertz CT molecular complexity index is 940. The molecule has 4 rings (SSSR count). The first-order chi connectivity index (χ1) is 12.7. The van der Waals surface area contributed by atoms with Gasteiger partial charge in [0, 0.05) is 18.5 Å². The van der Waals surface area contributed by atoms with E-state index in [1.807, 2.05) is 16.8 Å². The first kappa shape index (κ1) is 15.9. The number of rotatable bonds is 3. The maximum absolute atomic E-state index is 12.8. The third-order valence-electron chi connectivity index (χ3n) is 4.17. The van der Waals surface area contributed by atoms with Crippen molar-refractivity contribution in [2.24, 2.45) is 0 Å². The number of fused-ring (bicyclic) bond motifs is 1. The van der Waals surface area contributed by atoms with Gasteiger partial charge in [0.15, 0.2) is 0 Å². The van der Waals surface area contributed by atoms with Gasteiger partial charge in [-0.15, -0.1) is 0 Å². The predicted octanol–water partition coefficient (Wildman–Crippen LogP) is 1.85. The van der Waals surface area contributed by atoms with E-state index in [-0.39, 0.29) is 12.0 Å². The van der Waals surface area contributed by atoms with Crippen molar-refractivity contribution in [3.8, 4) is 11.9 Å². The van der Waals surface area contributed by atoms with Crippen LogP contribution in [-0.4, -0.2) is 38.2 Å². The van der Waals surface area contributed by atoms with Crippen LogP contribution in [-0.2, 0) is 13.1 Å². The number of carbonyl (C=O) groups is 1. The second kappa shape index (κ2) is 6.72. The van der Waals surface area contributed by atoms with Crippen LogP contribution in [0.4, 0.5) is 0 Å². The number of nitriles is 1. The zero-order valence-corrected chi connectivity index (χ0v) is 13.8. The van der Waals surface area contributed by atoms with Crippen LogP contribution in [0.15, 0.2) is 53.6 Å². The molecule has 130 valence electrons. The highest BCUT2D eigenvalue weighted by molar-refractivity contribution is 5.93. The van der Waals surface area contributed by atoms with E-state index in [4.69, 9.17) is 14.4 Å². The molecule has 8 heteroatoms. The maximum atomic E-state index is 12.8. The molecule has 0 saturated heterocycles. The van der Waals surface area contributed by atoms with E-state index < -0.39 is 0 Å². The minimum atomic E-state index is -0.326. The summed E-state index contributed by atoms with van der Waals surface area (Å²) in [6.45, 7) is 1.32. The molecular formula is C18H15N5O3. The van der Waals surface area contributed by atoms with E-state index in [1.54, 1.807) is 29.3 Å². The molecular weight excluding hydrogens is 334 g/mol. The molecule has 0 spiro atoms. The van der Waals surface area contributed by atoms with Crippen molar-refractivity contribution in [3.05, 3.63) is 66.0 Å². The van der Waals surface area contributed by atoms with Gasteiger partial charge in [-0.05, 0) is 18.2 Å². The molecule has 1 amide bonds. The van der Waals surface area contributed by atoms with Crippen molar-refractivity contribution in [1.29, 1.82) is 5.26 Å². The van der Waals surface area contributed by atoms with Crippen molar-refractivity contribution >= 4 is 5.91 Å². The highest BCUT2D eigenvalue weighted by atomic mass is 16.5. The molecule has 1 aliphatic rings. The summed E-state index contributed by atoms with van der Waals surface area (Å²) in [4.78, 5) is 18.6. The standard InChI is InChI=1S/C18H15N5O3/c19-7-13-1-2-17(20-8-13)26-16-10-22(18(24)14-4-6-25-12-14)9-15-3-5-21-23(15)11-16/h1-6,8,12,16H,9-11H2/t16-/m0/s1. The number of hydrogen-bond acceptors (Lipinski definition) is 6. The summed E-state index contributed by atoms with van der Waals surface area (Å²) < 4.78 is 12.8. The Labute approximate surface area is 149 Å². The van der Waals surface area contributed by atoms with Crippen LogP contribution in [0.3, 0.4) is 0 Å². The highest BCUT2D eigenvalue weighted by Crippen LogP contribution is 2.18. The van der Waals surface area contributed by atoms with Crippen molar-refractivity contribution in [2.75, 3.05) is 6.54 Å². The average Bonchev–Trinajstić information content (AvgIpc) is 3.31. The van der Waals surface area contributed by atoms with E-state index in [2.05, 4.69) is 10.1 Å². The Morgan fingerprint density at radius 3 is 2.96 bits per heavy atom. The Kier molecular flexibility index (Phi) is 4.11. The van der Waals surface area contributed by atoms with Gasteiger partial charge < -0.3 is 14.1 Å². The van der Waals surface area contributed by atoms with Gasteiger partial charge in [0.25, 0.3) is 5.91 Å². The van der Waals surface area contributed by atoms with Gasteiger partial charge in [0.1, 0.15) is 18.4 Å². The molecule has 0 N–H and O–H groups in total. The smallest absolute Gasteiger partial charge is 0.257 e. The van der Waals surface area contributed by atoms with Gasteiger partial charge in [-0.3, -0.25) is 9.48 Å². The van der Waals surface area contributed by atoms with Gasteiger partial charge in [-0.25, -0.2) is 4.98 Å². The molecule has 0 unspecified atom stereocenters. The average molecular weight is 349 g/mol. The fourth-order valence-corrected chi connectivity index (χ4v) is 2.90. The quantitative estimate of drug-likeness (QED) is 0.716. The highest BCUT2D eigenvalue weighted by Gasteiger charge is 2.28. The maximum Gasteiger partial charge on any atom is 0.257 e. The van der Waals surface area contributed by atoms with Crippen LogP contribution in [0.1, 0.15) is 21.6 Å². The van der Waals surface area contributed by atoms with Gasteiger partial charge in [-0.1, -0.05) is 0 Å². The number of ether oxygens (including phenoxy) is 1. The van der Waals surface area contributed by atoms with Crippen molar-refractivity contribution in [3.63, 3.8) is 0 Å². The normalized spacial score (nSPS) is 16.4. The number of hydrogen-bond donors (Lipinski definition) is 0. The summed E-state index contributed by atoms with van der Waals surface area (Å²) in [6.07, 6.45) is 5.75. The molecule has 0 fully saturated rings. The zero-order chi connectivity index (χ0) is 17.9. The SMILES string of the molecule is N#Cc1ccc(O[C@H]2CN(C(=O)c3ccoc3)Cc3ccnn3C2)nc1. The number of nitrogens with zero attached hydrogens (tertiary/aromatic N) is 5. The first-order valence-corrected chi connectivity index (χ1v) is 8.08. The molecule has 0 aliphatic carbocycles. The lowest BCUT2D eigenvalue weighted by Gasteiger charge is -2.24. The van der Waals surface area contributed by atoms with Crippen LogP contribution >= 0.6 is 0 Å². The molecule has 0 saturated carbocycles. The monoisotopic (exact) mass is 349 g/mol. The van der Waals surface area contributed by atoms with Crippen molar-refractivity contribution in [2.45, 2.75) is 19.2 Å². The van der Waals surface area contributed by atoms with E-state index >= 15 is 0 Å². The number of furan rings is 1. The Morgan fingerprint density at radius 2 is 2.23 bits per heavy atom. The fourth-order valence-electron chi connectivity index (χ4n) is 2.90. The van der Waals surface area contributed by atoms with Gasteiger partial charge in [0.05, 0.1) is 42.7 Å². The van der Waals surface area contributed by atoms with Crippen LogP contribution in [0.2, 0.25) is 0 Å². The van der Waals surface area contributed by atoms with Gasteiger partial charge >= 0.3 is 0 Å². The molecule has 3 aromatic heterocycles. The molecule has 1 aliphatic heterocycles. The van der Waals surface area contributed by atoms with E-state index in [9.17, 15) is 4.79 Å². The predicted molar refractivity (Wildman–Crippen MR) is 89.0 cm³/mol. The summed E-state index contributed by atoms with van der Waals surface area (Å²) >= 11 is 0. The van der Waals surface area contributed by atoms with E-state index in [0.717, 1.165) is 5.69 Å². The zero-order valence-electron chi connectivity index (χ0n) is 13.8.